The van der Waals surface area contributed by atoms with E-state index in [9.17, 15) is 55.5 Å². The first kappa shape index (κ1) is 32.9. The maximum atomic E-state index is 11.6. The summed E-state index contributed by atoms with van der Waals surface area (Å²) in [5.41, 5.74) is 0. The highest BCUT2D eigenvalue weighted by Gasteiger charge is 2.52. The Morgan fingerprint density at radius 1 is 0.650 bits per heavy atom. The maximum Gasteiger partial charge on any atom is 0.217 e. The number of hydrogen-bond donors (Lipinski definition) is 11. The summed E-state index contributed by atoms with van der Waals surface area (Å²) in [6.45, 7) is 0.227. The number of carbonyl (C=O) groups is 2. The Bertz CT molecular complexity index is 852. The van der Waals surface area contributed by atoms with Gasteiger partial charge in [-0.2, -0.15) is 0 Å². The summed E-state index contributed by atoms with van der Waals surface area (Å²) in [5.74, 6) is -1.24. The van der Waals surface area contributed by atoms with Crippen LogP contribution in [0, 0.1) is 0 Å². The summed E-state index contributed by atoms with van der Waals surface area (Å²) < 4.78 is 27.2. The smallest absolute Gasteiger partial charge is 0.217 e. The molecule has 0 bridgehead atoms. The van der Waals surface area contributed by atoms with E-state index < -0.39 is 124 Å². The molecule has 3 aliphatic rings. The lowest BCUT2D eigenvalue weighted by molar-refractivity contribution is -0.353. The molecule has 15 atom stereocenters. The van der Waals surface area contributed by atoms with Crippen LogP contribution in [-0.4, -0.2) is 170 Å². The number of aliphatic hydroxyl groups is 9. The molecule has 2 amide bonds. The van der Waals surface area contributed by atoms with Gasteiger partial charge >= 0.3 is 0 Å². The second-order valence-electron chi connectivity index (χ2n) is 9.85. The van der Waals surface area contributed by atoms with Crippen molar-refractivity contribution in [3.8, 4) is 0 Å². The van der Waals surface area contributed by atoms with Gasteiger partial charge in [-0.3, -0.25) is 9.59 Å². The molecule has 3 fully saturated rings. The van der Waals surface area contributed by atoms with Crippen molar-refractivity contribution in [3.63, 3.8) is 0 Å². The lowest BCUT2D eigenvalue weighted by Gasteiger charge is -2.46. The monoisotopic (exact) mass is 586 g/mol. The standard InChI is InChI=1S/C22H38N2O16/c1-6(27)23-11-16(32)13(29)8(3-25)38-21(11)36-5-10-15(31)18(34)19(20(35)37-10)40-22-12(24-7(2)28)17(33)14(30)9(4-26)39-22/h8-22,25-26,29-35H,3-5H2,1-2H3,(H,23,27)(H,24,28)/t8-,9-,10-,11-,12-,13-,14-,15+,16-,17-,18+,19-,20?,21-,22+/m1/s1. The highest BCUT2D eigenvalue weighted by molar-refractivity contribution is 5.73. The van der Waals surface area contributed by atoms with E-state index in [1.165, 1.54) is 0 Å². The minimum Gasteiger partial charge on any atom is -0.394 e. The SMILES string of the molecule is CC(=O)N[C@H]1[C@H](OC[C@H]2OC(O)[C@H](O[C@@H]3O[C@H](CO)[C@@H](O)[C@H](O)[C@H]3NC(C)=O)[C@@H](O)[C@H]2O)O[C@H](CO)[C@@H](O)[C@@H]1O. The van der Waals surface area contributed by atoms with Crippen molar-refractivity contribution >= 4 is 11.8 Å². The first-order chi connectivity index (χ1) is 18.8. The topological polar surface area (TPSA) is 286 Å². The number of nitrogens with one attached hydrogen (secondary N) is 2. The summed E-state index contributed by atoms with van der Waals surface area (Å²) >= 11 is 0. The van der Waals surface area contributed by atoms with E-state index in [0.29, 0.717) is 0 Å². The molecule has 40 heavy (non-hydrogen) atoms. The highest BCUT2D eigenvalue weighted by atomic mass is 16.7. The molecule has 3 rings (SSSR count). The van der Waals surface area contributed by atoms with Crippen molar-refractivity contribution in [1.82, 2.24) is 10.6 Å². The molecule has 0 saturated carbocycles. The fourth-order valence-corrected chi connectivity index (χ4v) is 4.75. The van der Waals surface area contributed by atoms with E-state index in [0.717, 1.165) is 13.8 Å². The number of hydrogen-bond acceptors (Lipinski definition) is 16. The molecule has 18 heteroatoms. The Morgan fingerprint density at radius 3 is 1.57 bits per heavy atom. The van der Waals surface area contributed by atoms with Gasteiger partial charge in [0.15, 0.2) is 18.9 Å². The second kappa shape index (κ2) is 14.0. The number of ether oxygens (including phenoxy) is 5. The van der Waals surface area contributed by atoms with E-state index in [4.69, 9.17) is 23.7 Å². The normalized spacial score (nSPS) is 46.0. The van der Waals surface area contributed by atoms with Gasteiger partial charge in [-0.25, -0.2) is 0 Å². The summed E-state index contributed by atoms with van der Waals surface area (Å²) in [4.78, 5) is 23.2. The molecule has 0 aromatic carbocycles. The molecule has 11 N–H and O–H groups in total. The van der Waals surface area contributed by atoms with Crippen molar-refractivity contribution < 1.29 is 79.2 Å². The molecule has 0 spiro atoms. The van der Waals surface area contributed by atoms with Crippen LogP contribution in [0.5, 0.6) is 0 Å². The third-order valence-electron chi connectivity index (χ3n) is 6.88. The van der Waals surface area contributed by atoms with Gasteiger partial charge in [-0.1, -0.05) is 0 Å². The predicted molar refractivity (Wildman–Crippen MR) is 124 cm³/mol. The van der Waals surface area contributed by atoms with Gasteiger partial charge in [0.2, 0.25) is 11.8 Å². The van der Waals surface area contributed by atoms with Gasteiger partial charge in [0, 0.05) is 13.8 Å². The average molecular weight is 587 g/mol. The third-order valence-corrected chi connectivity index (χ3v) is 6.88. The van der Waals surface area contributed by atoms with Crippen LogP contribution >= 0.6 is 0 Å². The summed E-state index contributed by atoms with van der Waals surface area (Å²) in [6, 6.07) is -2.69. The molecular formula is C22H38N2O16. The molecule has 0 aromatic heterocycles. The van der Waals surface area contributed by atoms with Crippen LogP contribution in [0.15, 0.2) is 0 Å². The van der Waals surface area contributed by atoms with Gasteiger partial charge < -0.3 is 80.3 Å². The average Bonchev–Trinajstić information content (AvgIpc) is 2.90. The van der Waals surface area contributed by atoms with E-state index in [1.54, 1.807) is 0 Å². The Labute approximate surface area is 228 Å². The van der Waals surface area contributed by atoms with Gasteiger partial charge in [0.1, 0.15) is 73.1 Å². The second-order valence-corrected chi connectivity index (χ2v) is 9.85. The van der Waals surface area contributed by atoms with Crippen LogP contribution in [0.25, 0.3) is 0 Å². The third kappa shape index (κ3) is 7.23. The van der Waals surface area contributed by atoms with E-state index >= 15 is 0 Å². The zero-order chi connectivity index (χ0) is 29.9. The summed E-state index contributed by atoms with van der Waals surface area (Å²) in [7, 11) is 0. The molecule has 1 unspecified atom stereocenters. The van der Waals surface area contributed by atoms with Gasteiger partial charge in [-0.15, -0.1) is 0 Å². The fraction of sp³-hybridized carbons (Fsp3) is 0.909. The first-order valence-corrected chi connectivity index (χ1v) is 12.6. The number of rotatable bonds is 9. The van der Waals surface area contributed by atoms with Gasteiger partial charge in [-0.05, 0) is 0 Å². The number of aliphatic hydroxyl groups excluding tert-OH is 9. The summed E-state index contributed by atoms with van der Waals surface area (Å²) in [5, 5.41) is 96.5. The molecule has 0 aliphatic carbocycles. The minimum atomic E-state index is -1.94. The van der Waals surface area contributed by atoms with Crippen LogP contribution < -0.4 is 10.6 Å². The fourth-order valence-electron chi connectivity index (χ4n) is 4.75. The molecule has 3 heterocycles. The van der Waals surface area contributed by atoms with E-state index in [2.05, 4.69) is 10.6 Å². The molecular weight excluding hydrogens is 548 g/mol. The number of amides is 2. The van der Waals surface area contributed by atoms with Crippen LogP contribution in [0.3, 0.4) is 0 Å². The predicted octanol–water partition coefficient (Wildman–Crippen LogP) is -7.29. The van der Waals surface area contributed by atoms with E-state index in [-0.39, 0.29) is 0 Å². The zero-order valence-corrected chi connectivity index (χ0v) is 21.7. The molecule has 3 aliphatic heterocycles. The van der Waals surface area contributed by atoms with E-state index in [1.807, 2.05) is 0 Å². The van der Waals surface area contributed by atoms with Crippen molar-refractivity contribution in [3.05, 3.63) is 0 Å². The van der Waals surface area contributed by atoms with Crippen molar-refractivity contribution in [2.45, 2.75) is 106 Å². The summed E-state index contributed by atoms with van der Waals surface area (Å²) in [6.07, 6.45) is -20.9. The molecule has 0 radical (unpaired) electrons. The molecule has 3 saturated heterocycles. The van der Waals surface area contributed by atoms with Crippen LogP contribution in [0.1, 0.15) is 13.8 Å². The van der Waals surface area contributed by atoms with Crippen molar-refractivity contribution in [1.29, 1.82) is 0 Å². The van der Waals surface area contributed by atoms with Crippen molar-refractivity contribution in [2.75, 3.05) is 19.8 Å². The molecule has 232 valence electrons. The minimum absolute atomic E-state index is 0.588. The Balaban J connectivity index is 1.68. The van der Waals surface area contributed by atoms with Crippen LogP contribution in [-0.2, 0) is 33.3 Å². The lowest BCUT2D eigenvalue weighted by Crippen LogP contribution is -2.67. The number of carbonyl (C=O) groups excluding carboxylic acids is 2. The van der Waals surface area contributed by atoms with Gasteiger partial charge in [0.25, 0.3) is 0 Å². The largest absolute Gasteiger partial charge is 0.394 e. The quantitative estimate of drug-likeness (QED) is 0.120. The van der Waals surface area contributed by atoms with Crippen molar-refractivity contribution in [2.24, 2.45) is 0 Å². The van der Waals surface area contributed by atoms with Crippen LogP contribution in [0.4, 0.5) is 0 Å². The maximum absolute atomic E-state index is 11.6. The Hall–Kier alpha value is -1.62. The Kier molecular flexibility index (Phi) is 11.5. The molecule has 0 aromatic rings. The lowest BCUT2D eigenvalue weighted by atomic mass is 9.95. The Morgan fingerprint density at radius 2 is 1.10 bits per heavy atom. The first-order valence-electron chi connectivity index (χ1n) is 12.6. The highest BCUT2D eigenvalue weighted by Crippen LogP contribution is 2.30. The zero-order valence-electron chi connectivity index (χ0n) is 21.7. The molecule has 18 nitrogen and oxygen atoms in total. The van der Waals surface area contributed by atoms with Gasteiger partial charge in [0.05, 0.1) is 19.8 Å². The van der Waals surface area contributed by atoms with Crippen LogP contribution in [0.2, 0.25) is 0 Å².